The first-order chi connectivity index (χ1) is 6.13. The number of halogens is 3. The zero-order valence-electron chi connectivity index (χ0n) is 7.50. The molecule has 0 aliphatic rings. The maximum absolute atomic E-state index is 5.47. The number of alkyl halides is 2. The monoisotopic (exact) mass is 269 g/mol. The van der Waals surface area contributed by atoms with E-state index in [0.717, 1.165) is 0 Å². The Morgan fingerprint density at radius 2 is 1.85 bits per heavy atom. The molecule has 1 unspecified atom stereocenters. The van der Waals surface area contributed by atoms with Crippen LogP contribution in [0.25, 0.3) is 0 Å². The molecule has 0 aromatic carbocycles. The Bertz CT molecular complexity index is 138. The van der Waals surface area contributed by atoms with Crippen molar-refractivity contribution in [3.8, 4) is 0 Å². The first-order valence-electron chi connectivity index (χ1n) is 3.73. The highest BCUT2D eigenvalue weighted by atomic mass is 35.5. The fourth-order valence-electron chi connectivity index (χ4n) is 0.685. The molecule has 0 heterocycles. The molecule has 0 fully saturated rings. The zero-order valence-corrected chi connectivity index (χ0v) is 10.7. The Hall–Kier alpha value is 1.18. The van der Waals surface area contributed by atoms with Crippen molar-refractivity contribution < 1.29 is 13.1 Å². The summed E-state index contributed by atoms with van der Waals surface area (Å²) in [6.45, 7) is 4.10. The van der Waals surface area contributed by atoms with E-state index in [1.54, 1.807) is 0 Å². The van der Waals surface area contributed by atoms with E-state index in [1.165, 1.54) is 0 Å². The average molecular weight is 270 g/mol. The van der Waals surface area contributed by atoms with Gasteiger partial charge in [-0.05, 0) is 13.8 Å². The van der Waals surface area contributed by atoms with Crippen molar-refractivity contribution in [3.05, 3.63) is 0 Å². The molecule has 0 amide bonds. The number of hydrogen-bond acceptors (Lipinski definition) is 3. The van der Waals surface area contributed by atoms with Crippen LogP contribution in [0.15, 0.2) is 0 Å². The second kappa shape index (κ2) is 7.47. The lowest BCUT2D eigenvalue weighted by Crippen LogP contribution is -2.14. The normalized spacial score (nSPS) is 16.2. The van der Waals surface area contributed by atoms with Gasteiger partial charge in [0, 0.05) is 0 Å². The largest absolute Gasteiger partial charge is 0.437 e. The van der Waals surface area contributed by atoms with Gasteiger partial charge in [0.15, 0.2) is 6.07 Å². The van der Waals surface area contributed by atoms with Crippen LogP contribution < -0.4 is 0 Å². The van der Waals surface area contributed by atoms with Crippen LogP contribution in [0.3, 0.4) is 0 Å². The highest BCUT2D eigenvalue weighted by Crippen LogP contribution is 2.66. The summed E-state index contributed by atoms with van der Waals surface area (Å²) in [6.07, 6.45) is 0. The van der Waals surface area contributed by atoms with Crippen LogP contribution in [0.4, 0.5) is 0 Å². The number of hydrogen-bond donors (Lipinski definition) is 0. The second-order valence-corrected chi connectivity index (χ2v) is 6.24. The smallest absolute Gasteiger partial charge is 0.175 e. The van der Waals surface area contributed by atoms with Gasteiger partial charge in [0.1, 0.15) is 24.1 Å². The summed E-state index contributed by atoms with van der Waals surface area (Å²) in [7, 11) is -2.52. The quantitative estimate of drug-likeness (QED) is 0.520. The lowest BCUT2D eigenvalue weighted by atomic mass is 10.6. The van der Waals surface area contributed by atoms with E-state index in [-0.39, 0.29) is 11.7 Å². The van der Waals surface area contributed by atoms with Crippen molar-refractivity contribution in [2.45, 2.75) is 19.5 Å². The summed E-state index contributed by atoms with van der Waals surface area (Å²) in [5.41, 5.74) is 0.0203. The van der Waals surface area contributed by atoms with Gasteiger partial charge in [-0.3, -0.25) is 0 Å². The molecule has 0 aliphatic heterocycles. The Balaban J connectivity index is 4.26. The van der Waals surface area contributed by atoms with E-state index in [9.17, 15) is 0 Å². The molecule has 7 heteroatoms. The van der Waals surface area contributed by atoms with Crippen LogP contribution >= 0.6 is 43.0 Å². The standard InChI is InChI=1S/C6H13Cl3O3P/c1-6(2)13(12-9,11-5-8)10-4-3-7/h6H,3-5H2,1-2H3/q+1. The van der Waals surface area contributed by atoms with E-state index in [0.29, 0.717) is 12.5 Å². The van der Waals surface area contributed by atoms with Crippen molar-refractivity contribution in [1.82, 2.24) is 0 Å². The predicted molar refractivity (Wildman–Crippen MR) is 57.5 cm³/mol. The van der Waals surface area contributed by atoms with E-state index >= 15 is 0 Å². The van der Waals surface area contributed by atoms with E-state index in [1.807, 2.05) is 13.8 Å². The fraction of sp³-hybridized carbons (Fsp3) is 1.00. The van der Waals surface area contributed by atoms with Gasteiger partial charge in [-0.25, -0.2) is 0 Å². The lowest BCUT2D eigenvalue weighted by molar-refractivity contribution is 0.210. The summed E-state index contributed by atoms with van der Waals surface area (Å²) in [6, 6.07) is -0.0129. The van der Waals surface area contributed by atoms with Gasteiger partial charge in [-0.15, -0.1) is 11.6 Å². The van der Waals surface area contributed by atoms with Gasteiger partial charge in [0.05, 0.1) is 5.88 Å². The van der Waals surface area contributed by atoms with E-state index < -0.39 is 7.94 Å². The van der Waals surface area contributed by atoms with Gasteiger partial charge in [-0.1, -0.05) is 15.7 Å². The molecule has 0 spiro atoms. The molecule has 0 aromatic heterocycles. The summed E-state index contributed by atoms with van der Waals surface area (Å²) >= 11 is 16.2. The molecule has 80 valence electrons. The maximum atomic E-state index is 5.47. The minimum atomic E-state index is -2.52. The summed E-state index contributed by atoms with van der Waals surface area (Å²) < 4.78 is 15.3. The molecule has 13 heavy (non-hydrogen) atoms. The molecular weight excluding hydrogens is 257 g/mol. The van der Waals surface area contributed by atoms with Crippen LogP contribution in [0.2, 0.25) is 0 Å². The molecule has 0 N–H and O–H groups in total. The van der Waals surface area contributed by atoms with Crippen molar-refractivity contribution in [2.24, 2.45) is 0 Å². The van der Waals surface area contributed by atoms with Gasteiger partial charge >= 0.3 is 7.94 Å². The van der Waals surface area contributed by atoms with Gasteiger partial charge < -0.3 is 0 Å². The second-order valence-electron chi connectivity index (χ2n) is 2.46. The SMILES string of the molecule is CC(C)[P+](OCl)(OCCl)OCCCl. The van der Waals surface area contributed by atoms with Crippen molar-refractivity contribution >= 4 is 43.0 Å². The molecule has 3 nitrogen and oxygen atoms in total. The molecular formula is C6H13Cl3O3P+. The molecule has 0 saturated carbocycles. The third-order valence-electron chi connectivity index (χ3n) is 1.31. The topological polar surface area (TPSA) is 27.7 Å². The van der Waals surface area contributed by atoms with Gasteiger partial charge in [0.2, 0.25) is 0 Å². The Morgan fingerprint density at radius 3 is 2.15 bits per heavy atom. The van der Waals surface area contributed by atoms with Crippen molar-refractivity contribution in [2.75, 3.05) is 18.6 Å². The molecule has 1 atom stereocenters. The van der Waals surface area contributed by atoms with Crippen molar-refractivity contribution in [3.63, 3.8) is 0 Å². The fourth-order valence-corrected chi connectivity index (χ4v) is 3.39. The summed E-state index contributed by atoms with van der Waals surface area (Å²) in [5.74, 6) is 0.361. The Labute approximate surface area is 94.3 Å². The van der Waals surface area contributed by atoms with Crippen molar-refractivity contribution in [1.29, 1.82) is 0 Å². The third-order valence-corrected chi connectivity index (χ3v) is 4.79. The van der Waals surface area contributed by atoms with E-state index in [4.69, 9.17) is 48.2 Å². The minimum Gasteiger partial charge on any atom is -0.175 e. The average Bonchev–Trinajstić information content (AvgIpc) is 2.12. The van der Waals surface area contributed by atoms with Gasteiger partial charge in [0.25, 0.3) is 0 Å². The maximum Gasteiger partial charge on any atom is 0.437 e. The summed E-state index contributed by atoms with van der Waals surface area (Å²) in [5, 5.41) is 0. The van der Waals surface area contributed by atoms with Crippen LogP contribution in [0, 0.1) is 0 Å². The van der Waals surface area contributed by atoms with Gasteiger partial charge in [-0.2, -0.15) is 9.05 Å². The van der Waals surface area contributed by atoms with Crippen LogP contribution in [-0.4, -0.2) is 24.2 Å². The molecule has 0 rings (SSSR count). The highest BCUT2D eigenvalue weighted by molar-refractivity contribution is 7.63. The highest BCUT2D eigenvalue weighted by Gasteiger charge is 2.49. The number of rotatable bonds is 7. The zero-order chi connectivity index (χ0) is 10.3. The molecule has 0 saturated heterocycles. The Kier molecular flexibility index (Phi) is 8.15. The first-order valence-corrected chi connectivity index (χ1v) is 6.72. The predicted octanol–water partition coefficient (Wildman–Crippen LogP) is 3.80. The minimum absolute atomic E-state index is 0.0129. The molecule has 0 bridgehead atoms. The first kappa shape index (κ1) is 14.2. The molecule has 0 radical (unpaired) electrons. The van der Waals surface area contributed by atoms with Crippen LogP contribution in [-0.2, 0) is 13.1 Å². The Morgan fingerprint density at radius 1 is 1.23 bits per heavy atom. The molecule has 0 aliphatic carbocycles. The van der Waals surface area contributed by atoms with Crippen LogP contribution in [0.5, 0.6) is 0 Å². The van der Waals surface area contributed by atoms with E-state index in [2.05, 4.69) is 0 Å². The third kappa shape index (κ3) is 4.48. The van der Waals surface area contributed by atoms with Crippen LogP contribution in [0.1, 0.15) is 13.8 Å². The lowest BCUT2D eigenvalue weighted by Gasteiger charge is -2.20. The molecule has 0 aromatic rings. The summed E-state index contributed by atoms with van der Waals surface area (Å²) in [4.78, 5) is 0.